The molecule has 0 aliphatic rings. The third-order valence-electron chi connectivity index (χ3n) is 3.32. The Bertz CT molecular complexity index is 695. The predicted octanol–water partition coefficient (Wildman–Crippen LogP) is 2.89. The minimum atomic E-state index is -0.200. The molecule has 1 heterocycles. The van der Waals surface area contributed by atoms with Crippen molar-refractivity contribution in [3.8, 4) is 11.8 Å². The number of pyridine rings is 1. The van der Waals surface area contributed by atoms with Crippen molar-refractivity contribution in [2.24, 2.45) is 5.92 Å². The lowest BCUT2D eigenvalue weighted by atomic mass is 10.1. The fraction of sp³-hybridized carbons (Fsp3) is 0.278. The Balaban J connectivity index is 2.01. The minimum absolute atomic E-state index is 0.126. The van der Waals surface area contributed by atoms with Crippen molar-refractivity contribution in [3.63, 3.8) is 0 Å². The first-order valence-electron chi connectivity index (χ1n) is 7.37. The van der Waals surface area contributed by atoms with Crippen LogP contribution in [-0.2, 0) is 6.61 Å². The van der Waals surface area contributed by atoms with E-state index in [0.717, 1.165) is 5.56 Å². The first-order valence-corrected chi connectivity index (χ1v) is 7.37. The summed E-state index contributed by atoms with van der Waals surface area (Å²) in [6.45, 7) is 2.58. The van der Waals surface area contributed by atoms with Crippen molar-refractivity contribution in [2.45, 2.75) is 13.5 Å². The van der Waals surface area contributed by atoms with E-state index in [1.807, 2.05) is 18.2 Å². The van der Waals surface area contributed by atoms with Gasteiger partial charge in [0.25, 0.3) is 5.91 Å². The highest BCUT2D eigenvalue weighted by atomic mass is 16.5. The molecule has 1 aromatic carbocycles. The number of amides is 1. The molecule has 0 unspecified atom stereocenters. The topological polar surface area (TPSA) is 66.2 Å². The maximum absolute atomic E-state index is 12.4. The summed E-state index contributed by atoms with van der Waals surface area (Å²) in [6.07, 6.45) is 3.45. The van der Waals surface area contributed by atoms with Crippen molar-refractivity contribution in [1.29, 1.82) is 5.26 Å². The van der Waals surface area contributed by atoms with E-state index in [4.69, 9.17) is 10.00 Å². The average molecular weight is 309 g/mol. The Labute approximate surface area is 136 Å². The van der Waals surface area contributed by atoms with Crippen LogP contribution >= 0.6 is 0 Å². The van der Waals surface area contributed by atoms with E-state index < -0.39 is 0 Å². The van der Waals surface area contributed by atoms with E-state index >= 15 is 0 Å². The van der Waals surface area contributed by atoms with E-state index in [0.29, 0.717) is 24.5 Å². The number of carbonyl (C=O) groups excluding carboxylic acids is 1. The lowest BCUT2D eigenvalue weighted by Crippen LogP contribution is -2.30. The van der Waals surface area contributed by atoms with Crippen LogP contribution in [0.5, 0.6) is 5.75 Å². The molecule has 0 N–H and O–H groups in total. The number of rotatable bonds is 6. The molecular formula is C18H19N3O2. The molecule has 0 bridgehead atoms. The average Bonchev–Trinajstić information content (AvgIpc) is 2.60. The third-order valence-corrected chi connectivity index (χ3v) is 3.32. The molecule has 0 fully saturated rings. The van der Waals surface area contributed by atoms with Gasteiger partial charge in [-0.05, 0) is 31.2 Å². The number of aromatic nitrogens is 1. The summed E-state index contributed by atoms with van der Waals surface area (Å²) in [6, 6.07) is 13.0. The number of hydrogen-bond acceptors (Lipinski definition) is 4. The first-order chi connectivity index (χ1) is 11.1. The molecule has 1 aromatic heterocycles. The Morgan fingerprint density at radius 1 is 1.39 bits per heavy atom. The molecular weight excluding hydrogens is 290 g/mol. The van der Waals surface area contributed by atoms with Gasteiger partial charge in [0.05, 0.1) is 12.0 Å². The minimum Gasteiger partial charge on any atom is -0.489 e. The molecule has 2 rings (SSSR count). The molecule has 0 spiro atoms. The normalized spacial score (nSPS) is 11.3. The predicted molar refractivity (Wildman–Crippen MR) is 86.7 cm³/mol. The van der Waals surface area contributed by atoms with E-state index in [1.165, 1.54) is 0 Å². The molecule has 118 valence electrons. The maximum Gasteiger partial charge on any atom is 0.253 e. The molecule has 5 nitrogen and oxygen atoms in total. The monoisotopic (exact) mass is 309 g/mol. The summed E-state index contributed by atoms with van der Waals surface area (Å²) in [5.74, 6) is 0.300. The van der Waals surface area contributed by atoms with Gasteiger partial charge in [0.1, 0.15) is 12.4 Å². The van der Waals surface area contributed by atoms with Gasteiger partial charge in [-0.15, -0.1) is 0 Å². The van der Waals surface area contributed by atoms with Crippen LogP contribution in [-0.4, -0.2) is 29.4 Å². The SMILES string of the molecule is C[C@H](C#N)CN(C)C(=O)c1cccc(OCc2cccnc2)c1. The molecule has 5 heteroatoms. The zero-order chi connectivity index (χ0) is 16.7. The fourth-order valence-electron chi connectivity index (χ4n) is 2.12. The Morgan fingerprint density at radius 3 is 2.91 bits per heavy atom. The van der Waals surface area contributed by atoms with Crippen LogP contribution in [0.1, 0.15) is 22.8 Å². The van der Waals surface area contributed by atoms with Gasteiger partial charge in [-0.1, -0.05) is 12.1 Å². The largest absolute Gasteiger partial charge is 0.489 e. The van der Waals surface area contributed by atoms with E-state index in [2.05, 4.69) is 11.1 Å². The van der Waals surface area contributed by atoms with E-state index in [-0.39, 0.29) is 11.8 Å². The molecule has 23 heavy (non-hydrogen) atoms. The lowest BCUT2D eigenvalue weighted by Gasteiger charge is -2.18. The molecule has 0 aliphatic heterocycles. The second kappa shape index (κ2) is 7.95. The maximum atomic E-state index is 12.4. The highest BCUT2D eigenvalue weighted by Crippen LogP contribution is 2.16. The highest BCUT2D eigenvalue weighted by molar-refractivity contribution is 5.94. The number of ether oxygens (including phenoxy) is 1. The van der Waals surface area contributed by atoms with Gasteiger partial charge in [0.2, 0.25) is 0 Å². The number of nitriles is 1. The van der Waals surface area contributed by atoms with Gasteiger partial charge in [-0.3, -0.25) is 9.78 Å². The number of carbonyl (C=O) groups is 1. The van der Waals surface area contributed by atoms with Crippen LogP contribution in [0, 0.1) is 17.2 Å². The number of benzene rings is 1. The van der Waals surface area contributed by atoms with Crippen LogP contribution in [0.15, 0.2) is 48.8 Å². The molecule has 1 amide bonds. The van der Waals surface area contributed by atoms with Gasteiger partial charge in [0.15, 0.2) is 0 Å². The Hall–Kier alpha value is -2.87. The van der Waals surface area contributed by atoms with Crippen LogP contribution in [0.4, 0.5) is 0 Å². The molecule has 0 aliphatic carbocycles. The quantitative estimate of drug-likeness (QED) is 0.823. The standard InChI is InChI=1S/C18H19N3O2/c1-14(10-19)12-21(2)18(22)16-6-3-7-17(9-16)23-13-15-5-4-8-20-11-15/h3-9,11,14H,12-13H2,1-2H3/t14-/m1/s1. The Morgan fingerprint density at radius 2 is 2.22 bits per heavy atom. The zero-order valence-corrected chi connectivity index (χ0v) is 13.3. The molecule has 0 saturated carbocycles. The second-order valence-electron chi connectivity index (χ2n) is 5.39. The van der Waals surface area contributed by atoms with Crippen molar-refractivity contribution < 1.29 is 9.53 Å². The van der Waals surface area contributed by atoms with Crippen LogP contribution in [0.25, 0.3) is 0 Å². The highest BCUT2D eigenvalue weighted by Gasteiger charge is 2.14. The number of nitrogens with zero attached hydrogens (tertiary/aromatic N) is 3. The summed E-state index contributed by atoms with van der Waals surface area (Å²) in [5, 5.41) is 8.85. The van der Waals surface area contributed by atoms with Crippen LogP contribution in [0.3, 0.4) is 0 Å². The summed E-state index contributed by atoms with van der Waals surface area (Å²) < 4.78 is 5.70. The second-order valence-corrected chi connectivity index (χ2v) is 5.39. The summed E-state index contributed by atoms with van der Waals surface area (Å²) in [7, 11) is 1.69. The van der Waals surface area contributed by atoms with E-state index in [1.54, 1.807) is 49.5 Å². The van der Waals surface area contributed by atoms with Crippen molar-refractivity contribution in [1.82, 2.24) is 9.88 Å². The van der Waals surface area contributed by atoms with Crippen LogP contribution in [0.2, 0.25) is 0 Å². The third kappa shape index (κ3) is 4.82. The van der Waals surface area contributed by atoms with Gasteiger partial charge < -0.3 is 9.64 Å². The molecule has 0 saturated heterocycles. The van der Waals surface area contributed by atoms with Gasteiger partial charge in [-0.2, -0.15) is 5.26 Å². The fourth-order valence-corrected chi connectivity index (χ4v) is 2.12. The van der Waals surface area contributed by atoms with Gasteiger partial charge in [-0.25, -0.2) is 0 Å². The van der Waals surface area contributed by atoms with Crippen molar-refractivity contribution in [2.75, 3.05) is 13.6 Å². The smallest absolute Gasteiger partial charge is 0.253 e. The molecule has 2 aromatic rings. The van der Waals surface area contributed by atoms with Gasteiger partial charge >= 0.3 is 0 Å². The van der Waals surface area contributed by atoms with Crippen LogP contribution < -0.4 is 4.74 Å². The molecule has 1 atom stereocenters. The Kier molecular flexibility index (Phi) is 5.70. The summed E-state index contributed by atoms with van der Waals surface area (Å²) in [4.78, 5) is 18.0. The zero-order valence-electron chi connectivity index (χ0n) is 13.3. The van der Waals surface area contributed by atoms with Crippen molar-refractivity contribution in [3.05, 3.63) is 59.9 Å². The first kappa shape index (κ1) is 16.5. The lowest BCUT2D eigenvalue weighted by molar-refractivity contribution is 0.0784. The van der Waals surface area contributed by atoms with E-state index in [9.17, 15) is 4.79 Å². The summed E-state index contributed by atoms with van der Waals surface area (Å²) >= 11 is 0. The molecule has 0 radical (unpaired) electrons. The van der Waals surface area contributed by atoms with Gasteiger partial charge in [0, 0.05) is 37.1 Å². The number of hydrogen-bond donors (Lipinski definition) is 0. The van der Waals surface area contributed by atoms with Crippen molar-refractivity contribution >= 4 is 5.91 Å². The summed E-state index contributed by atoms with van der Waals surface area (Å²) in [5.41, 5.74) is 1.51.